The van der Waals surface area contributed by atoms with Gasteiger partial charge >= 0.3 is 0 Å². The fraction of sp³-hybridized carbons (Fsp3) is 0.333. The Bertz CT molecular complexity index is 777. The third kappa shape index (κ3) is 5.62. The number of nitrogens with one attached hydrogen (secondary N) is 2. The maximum atomic E-state index is 12.3. The van der Waals surface area contributed by atoms with Gasteiger partial charge in [-0.05, 0) is 70.5 Å². The van der Waals surface area contributed by atoms with Crippen molar-refractivity contribution < 1.29 is 14.3 Å². The van der Waals surface area contributed by atoms with E-state index in [0.717, 1.165) is 5.56 Å². The van der Waals surface area contributed by atoms with Crippen molar-refractivity contribution in [3.05, 3.63) is 59.7 Å². The van der Waals surface area contributed by atoms with E-state index in [1.165, 1.54) is 0 Å². The second-order valence-electron chi connectivity index (χ2n) is 7.30. The van der Waals surface area contributed by atoms with Crippen molar-refractivity contribution in [2.45, 2.75) is 46.3 Å². The molecule has 26 heavy (non-hydrogen) atoms. The smallest absolute Gasteiger partial charge is 0.265 e. The first-order valence-corrected chi connectivity index (χ1v) is 8.61. The van der Waals surface area contributed by atoms with Gasteiger partial charge in [-0.25, -0.2) is 0 Å². The van der Waals surface area contributed by atoms with Crippen LogP contribution in [0.4, 0.5) is 5.69 Å². The molecule has 1 unspecified atom stereocenters. The first kappa shape index (κ1) is 19.5. The van der Waals surface area contributed by atoms with Crippen molar-refractivity contribution in [3.8, 4) is 5.75 Å². The molecule has 5 heteroatoms. The maximum absolute atomic E-state index is 12.3. The van der Waals surface area contributed by atoms with Crippen LogP contribution in [0.3, 0.4) is 0 Å². The highest BCUT2D eigenvalue weighted by Gasteiger charge is 2.17. The molecule has 2 aromatic rings. The van der Waals surface area contributed by atoms with Gasteiger partial charge in [-0.1, -0.05) is 18.2 Å². The van der Waals surface area contributed by atoms with Gasteiger partial charge < -0.3 is 15.4 Å². The predicted molar refractivity (Wildman–Crippen MR) is 104 cm³/mol. The molecule has 2 amide bonds. The van der Waals surface area contributed by atoms with Crippen LogP contribution in [0.1, 0.15) is 43.6 Å². The summed E-state index contributed by atoms with van der Waals surface area (Å²) in [6, 6.07) is 14.3. The zero-order chi connectivity index (χ0) is 19.3. The van der Waals surface area contributed by atoms with E-state index in [2.05, 4.69) is 10.6 Å². The standard InChI is InChI=1S/C21H26N2O3/c1-14-8-6-7-9-18(14)26-15(2)19(24)22-17-12-10-16(11-13-17)20(25)23-21(3,4)5/h6-13,15H,1-5H3,(H,22,24)(H,23,25). The van der Waals surface area contributed by atoms with Gasteiger partial charge in [0.15, 0.2) is 6.10 Å². The summed E-state index contributed by atoms with van der Waals surface area (Å²) in [6.45, 7) is 9.41. The Morgan fingerprint density at radius 3 is 2.19 bits per heavy atom. The van der Waals surface area contributed by atoms with Gasteiger partial charge in [0, 0.05) is 16.8 Å². The Balaban J connectivity index is 1.96. The lowest BCUT2D eigenvalue weighted by Crippen LogP contribution is -2.40. The van der Waals surface area contributed by atoms with Crippen LogP contribution in [0, 0.1) is 6.92 Å². The molecule has 138 valence electrons. The molecule has 0 aromatic heterocycles. The van der Waals surface area contributed by atoms with Gasteiger partial charge in [0.05, 0.1) is 0 Å². The zero-order valence-electron chi connectivity index (χ0n) is 15.9. The minimum Gasteiger partial charge on any atom is -0.481 e. The van der Waals surface area contributed by atoms with Gasteiger partial charge in [0.1, 0.15) is 5.75 Å². The molecule has 2 N–H and O–H groups in total. The first-order chi connectivity index (χ1) is 12.2. The van der Waals surface area contributed by atoms with Crippen LogP contribution in [-0.4, -0.2) is 23.5 Å². The van der Waals surface area contributed by atoms with Gasteiger partial charge in [0.25, 0.3) is 11.8 Å². The molecule has 0 bridgehead atoms. The van der Waals surface area contributed by atoms with E-state index in [1.807, 2.05) is 52.0 Å². The fourth-order valence-electron chi connectivity index (χ4n) is 2.29. The number of amides is 2. The van der Waals surface area contributed by atoms with Crippen molar-refractivity contribution in [2.75, 3.05) is 5.32 Å². The summed E-state index contributed by atoms with van der Waals surface area (Å²) in [5.41, 5.74) is 1.83. The number of hydrogen-bond acceptors (Lipinski definition) is 3. The lowest BCUT2D eigenvalue weighted by atomic mass is 10.1. The van der Waals surface area contributed by atoms with Crippen LogP contribution >= 0.6 is 0 Å². The second-order valence-corrected chi connectivity index (χ2v) is 7.30. The second kappa shape index (κ2) is 8.04. The molecule has 0 saturated carbocycles. The average Bonchev–Trinajstić information content (AvgIpc) is 2.56. The van der Waals surface area contributed by atoms with Crippen LogP contribution in [0.2, 0.25) is 0 Å². The molecule has 2 rings (SSSR count). The number of aryl methyl sites for hydroxylation is 1. The lowest BCUT2D eigenvalue weighted by Gasteiger charge is -2.20. The van der Waals surface area contributed by atoms with Crippen LogP contribution < -0.4 is 15.4 Å². The molecule has 0 spiro atoms. The van der Waals surface area contributed by atoms with Crippen molar-refractivity contribution in [2.24, 2.45) is 0 Å². The van der Waals surface area contributed by atoms with Crippen LogP contribution in [0.5, 0.6) is 5.75 Å². The Kier molecular flexibility index (Phi) is 6.03. The summed E-state index contributed by atoms with van der Waals surface area (Å²) in [5, 5.41) is 5.70. The molecular weight excluding hydrogens is 328 g/mol. The van der Waals surface area contributed by atoms with Gasteiger partial charge in [-0.2, -0.15) is 0 Å². The fourth-order valence-corrected chi connectivity index (χ4v) is 2.29. The maximum Gasteiger partial charge on any atom is 0.265 e. The first-order valence-electron chi connectivity index (χ1n) is 8.61. The molecule has 0 heterocycles. The third-order valence-electron chi connectivity index (χ3n) is 3.67. The quantitative estimate of drug-likeness (QED) is 0.855. The zero-order valence-corrected chi connectivity index (χ0v) is 15.9. The number of anilines is 1. The third-order valence-corrected chi connectivity index (χ3v) is 3.67. The summed E-state index contributed by atoms with van der Waals surface area (Å²) in [6.07, 6.45) is -0.639. The highest BCUT2D eigenvalue weighted by atomic mass is 16.5. The van der Waals surface area contributed by atoms with Crippen molar-refractivity contribution in [3.63, 3.8) is 0 Å². The van der Waals surface area contributed by atoms with Crippen molar-refractivity contribution in [1.82, 2.24) is 5.32 Å². The minimum absolute atomic E-state index is 0.147. The number of carbonyl (C=O) groups is 2. The molecule has 1 atom stereocenters. The van der Waals surface area contributed by atoms with Crippen molar-refractivity contribution in [1.29, 1.82) is 0 Å². The number of benzene rings is 2. The largest absolute Gasteiger partial charge is 0.481 e. The molecular formula is C21H26N2O3. The van der Waals surface area contributed by atoms with E-state index >= 15 is 0 Å². The van der Waals surface area contributed by atoms with Crippen LogP contribution in [0.15, 0.2) is 48.5 Å². The normalized spacial score (nSPS) is 12.2. The predicted octanol–water partition coefficient (Wildman–Crippen LogP) is 3.93. The molecule has 0 aliphatic carbocycles. The molecule has 2 aromatic carbocycles. The molecule has 0 fully saturated rings. The van der Waals surface area contributed by atoms with Crippen molar-refractivity contribution >= 4 is 17.5 Å². The van der Waals surface area contributed by atoms with E-state index in [0.29, 0.717) is 17.0 Å². The van der Waals surface area contributed by atoms with Crippen LogP contribution in [0.25, 0.3) is 0 Å². The molecule has 0 saturated heterocycles. The number of ether oxygens (including phenoxy) is 1. The Labute approximate surface area is 154 Å². The molecule has 5 nitrogen and oxygen atoms in total. The van der Waals surface area contributed by atoms with E-state index in [1.54, 1.807) is 31.2 Å². The lowest BCUT2D eigenvalue weighted by molar-refractivity contribution is -0.122. The van der Waals surface area contributed by atoms with Gasteiger partial charge in [-0.15, -0.1) is 0 Å². The summed E-state index contributed by atoms with van der Waals surface area (Å²) in [4.78, 5) is 24.4. The molecule has 0 aliphatic heterocycles. The SMILES string of the molecule is Cc1ccccc1OC(C)C(=O)Nc1ccc(C(=O)NC(C)(C)C)cc1. The molecule has 0 radical (unpaired) electrons. The highest BCUT2D eigenvalue weighted by Crippen LogP contribution is 2.18. The summed E-state index contributed by atoms with van der Waals surface area (Å²) in [7, 11) is 0. The Morgan fingerprint density at radius 2 is 1.62 bits per heavy atom. The average molecular weight is 354 g/mol. The van der Waals surface area contributed by atoms with Crippen LogP contribution in [-0.2, 0) is 4.79 Å². The number of rotatable bonds is 5. The highest BCUT2D eigenvalue weighted by molar-refractivity contribution is 5.97. The molecule has 0 aliphatic rings. The van der Waals surface area contributed by atoms with E-state index in [9.17, 15) is 9.59 Å². The van der Waals surface area contributed by atoms with E-state index in [-0.39, 0.29) is 17.4 Å². The minimum atomic E-state index is -0.639. The monoisotopic (exact) mass is 354 g/mol. The Hall–Kier alpha value is -2.82. The number of carbonyl (C=O) groups excluding carboxylic acids is 2. The summed E-state index contributed by atoms with van der Waals surface area (Å²) >= 11 is 0. The van der Waals surface area contributed by atoms with E-state index in [4.69, 9.17) is 4.74 Å². The van der Waals surface area contributed by atoms with E-state index < -0.39 is 6.10 Å². The Morgan fingerprint density at radius 1 is 1.00 bits per heavy atom. The summed E-state index contributed by atoms with van der Waals surface area (Å²) < 4.78 is 5.72. The van der Waals surface area contributed by atoms with Gasteiger partial charge in [0.2, 0.25) is 0 Å². The summed E-state index contributed by atoms with van der Waals surface area (Å²) in [5.74, 6) is 0.288. The van der Waals surface area contributed by atoms with Gasteiger partial charge in [-0.3, -0.25) is 9.59 Å². The number of hydrogen-bond donors (Lipinski definition) is 2. The number of para-hydroxylation sites is 1. The topological polar surface area (TPSA) is 67.4 Å².